The lowest BCUT2D eigenvalue weighted by Crippen LogP contribution is -2.44. The molecule has 154 valence electrons. The molecule has 0 bridgehead atoms. The molecule has 2 aromatic rings. The number of amides is 1. The van der Waals surface area contributed by atoms with Crippen LogP contribution in [0.2, 0.25) is 0 Å². The monoisotopic (exact) mass is 393 g/mol. The lowest BCUT2D eigenvalue weighted by molar-refractivity contribution is -0.117. The number of hydrogen-bond donors (Lipinski definition) is 2. The average molecular weight is 394 g/mol. The first-order valence-corrected chi connectivity index (χ1v) is 10.6. The van der Waals surface area contributed by atoms with Crippen molar-refractivity contribution in [3.8, 4) is 5.75 Å². The number of hydrogen-bond acceptors (Lipinski definition) is 4. The largest absolute Gasteiger partial charge is 0.487 e. The Bertz CT molecular complexity index is 842. The predicted octanol–water partition coefficient (Wildman–Crippen LogP) is 3.59. The Balaban J connectivity index is 1.19. The third kappa shape index (κ3) is 5.37. The first kappa shape index (κ1) is 19.9. The molecule has 0 aliphatic carbocycles. The van der Waals surface area contributed by atoms with Crippen molar-refractivity contribution in [2.45, 2.75) is 51.3 Å². The maximum absolute atomic E-state index is 12.2. The van der Waals surface area contributed by atoms with Crippen LogP contribution in [0, 0.1) is 0 Å². The highest BCUT2D eigenvalue weighted by molar-refractivity contribution is 5.92. The molecule has 0 atom stereocenters. The molecule has 0 spiro atoms. The number of carbonyl (C=O) groups is 1. The van der Waals surface area contributed by atoms with E-state index >= 15 is 0 Å². The number of piperidine rings is 1. The smallest absolute Gasteiger partial charge is 0.238 e. The fourth-order valence-electron chi connectivity index (χ4n) is 4.26. The maximum Gasteiger partial charge on any atom is 0.238 e. The Morgan fingerprint density at radius 1 is 1.14 bits per heavy atom. The molecule has 29 heavy (non-hydrogen) atoms. The Hall–Kier alpha value is -2.37. The Morgan fingerprint density at radius 3 is 2.66 bits per heavy atom. The van der Waals surface area contributed by atoms with Crippen LogP contribution in [-0.2, 0) is 17.8 Å². The highest BCUT2D eigenvalue weighted by Gasteiger charge is 2.30. The average Bonchev–Trinajstić information content (AvgIpc) is 3.01. The molecule has 2 heterocycles. The van der Waals surface area contributed by atoms with Crippen LogP contribution in [0.1, 0.15) is 37.8 Å². The molecule has 0 aromatic heterocycles. The zero-order chi connectivity index (χ0) is 20.3. The van der Waals surface area contributed by atoms with E-state index in [-0.39, 0.29) is 11.5 Å². The van der Waals surface area contributed by atoms with Gasteiger partial charge in [-0.25, -0.2) is 0 Å². The van der Waals surface area contributed by atoms with Gasteiger partial charge < -0.3 is 15.4 Å². The summed E-state index contributed by atoms with van der Waals surface area (Å²) < 4.78 is 5.97. The number of benzene rings is 2. The molecule has 1 fully saturated rings. The molecule has 2 aliphatic rings. The van der Waals surface area contributed by atoms with Crippen LogP contribution in [0.4, 0.5) is 5.69 Å². The minimum absolute atomic E-state index is 0.0610. The maximum atomic E-state index is 12.2. The van der Waals surface area contributed by atoms with Crippen molar-refractivity contribution >= 4 is 11.6 Å². The predicted molar refractivity (Wildman–Crippen MR) is 116 cm³/mol. The zero-order valence-corrected chi connectivity index (χ0v) is 17.4. The quantitative estimate of drug-likeness (QED) is 0.788. The summed E-state index contributed by atoms with van der Waals surface area (Å²) in [6.45, 7) is 7.52. The van der Waals surface area contributed by atoms with Crippen LogP contribution < -0.4 is 15.4 Å². The number of carbonyl (C=O) groups excluding carboxylic acids is 1. The van der Waals surface area contributed by atoms with E-state index in [0.717, 1.165) is 50.3 Å². The van der Waals surface area contributed by atoms with E-state index in [2.05, 4.69) is 47.6 Å². The third-order valence-corrected chi connectivity index (χ3v) is 5.73. The molecule has 4 rings (SSSR count). The summed E-state index contributed by atoms with van der Waals surface area (Å²) in [6.07, 6.45) is 3.11. The van der Waals surface area contributed by atoms with Crippen LogP contribution in [0.3, 0.4) is 0 Å². The summed E-state index contributed by atoms with van der Waals surface area (Å²) in [6, 6.07) is 16.7. The lowest BCUT2D eigenvalue weighted by Gasteiger charge is -2.32. The van der Waals surface area contributed by atoms with Crippen molar-refractivity contribution < 1.29 is 9.53 Å². The number of para-hydroxylation sites is 1. The molecule has 1 saturated heterocycles. The molecule has 5 nitrogen and oxygen atoms in total. The number of nitrogens with zero attached hydrogens (tertiary/aromatic N) is 1. The van der Waals surface area contributed by atoms with Gasteiger partial charge in [0.1, 0.15) is 11.4 Å². The first-order chi connectivity index (χ1) is 14.0. The van der Waals surface area contributed by atoms with E-state index in [4.69, 9.17) is 4.74 Å². The zero-order valence-electron chi connectivity index (χ0n) is 17.4. The lowest BCUT2D eigenvalue weighted by atomic mass is 10.00. The van der Waals surface area contributed by atoms with Crippen molar-refractivity contribution in [2.75, 3.05) is 25.0 Å². The van der Waals surface area contributed by atoms with Crippen LogP contribution in [0.25, 0.3) is 0 Å². The number of rotatable bonds is 6. The first-order valence-electron chi connectivity index (χ1n) is 10.6. The Kier molecular flexibility index (Phi) is 5.88. The molecule has 2 aliphatic heterocycles. The standard InChI is InChI=1S/C24H31N3O2/c1-24(2)15-19-14-18(8-9-22(19)29-24)16-25-20-10-12-27(13-11-20)17-23(28)26-21-6-4-3-5-7-21/h3-9,14,20,25H,10-13,15-17H2,1-2H3,(H,26,28). The number of likely N-dealkylation sites (tertiary alicyclic amines) is 1. The van der Waals surface area contributed by atoms with Crippen molar-refractivity contribution in [1.29, 1.82) is 0 Å². The number of anilines is 1. The molecular formula is C24H31N3O2. The summed E-state index contributed by atoms with van der Waals surface area (Å²) in [5, 5.41) is 6.66. The second-order valence-corrected chi connectivity index (χ2v) is 8.83. The van der Waals surface area contributed by atoms with E-state index in [1.54, 1.807) is 0 Å². The van der Waals surface area contributed by atoms with Gasteiger partial charge in [-0.05, 0) is 56.0 Å². The van der Waals surface area contributed by atoms with Crippen LogP contribution in [0.15, 0.2) is 48.5 Å². The molecule has 2 N–H and O–H groups in total. The summed E-state index contributed by atoms with van der Waals surface area (Å²) >= 11 is 0. The van der Waals surface area contributed by atoms with E-state index < -0.39 is 0 Å². The molecule has 2 aromatic carbocycles. The molecule has 0 unspecified atom stereocenters. The van der Waals surface area contributed by atoms with Gasteiger partial charge in [-0.15, -0.1) is 0 Å². The fourth-order valence-corrected chi connectivity index (χ4v) is 4.26. The molecule has 0 radical (unpaired) electrons. The second-order valence-electron chi connectivity index (χ2n) is 8.83. The minimum atomic E-state index is -0.0893. The number of fused-ring (bicyclic) bond motifs is 1. The van der Waals surface area contributed by atoms with E-state index in [0.29, 0.717) is 12.6 Å². The second kappa shape index (κ2) is 8.56. The highest BCUT2D eigenvalue weighted by Crippen LogP contribution is 2.35. The van der Waals surface area contributed by atoms with Gasteiger partial charge in [-0.3, -0.25) is 9.69 Å². The van der Waals surface area contributed by atoms with Gasteiger partial charge in [-0.1, -0.05) is 30.3 Å². The van der Waals surface area contributed by atoms with Gasteiger partial charge >= 0.3 is 0 Å². The van der Waals surface area contributed by atoms with Gasteiger partial charge in [0, 0.05) is 37.8 Å². The summed E-state index contributed by atoms with van der Waals surface area (Å²) in [4.78, 5) is 14.5. The van der Waals surface area contributed by atoms with Crippen molar-refractivity contribution in [2.24, 2.45) is 0 Å². The van der Waals surface area contributed by atoms with Gasteiger partial charge in [0.2, 0.25) is 5.91 Å². The van der Waals surface area contributed by atoms with E-state index in [1.165, 1.54) is 11.1 Å². The number of nitrogens with one attached hydrogen (secondary N) is 2. The van der Waals surface area contributed by atoms with Crippen LogP contribution in [0.5, 0.6) is 5.75 Å². The van der Waals surface area contributed by atoms with E-state index in [1.807, 2.05) is 30.3 Å². The summed E-state index contributed by atoms with van der Waals surface area (Å²) in [5.41, 5.74) is 3.40. The SMILES string of the molecule is CC1(C)Cc2cc(CNC3CCN(CC(=O)Nc4ccccc4)CC3)ccc2O1. The van der Waals surface area contributed by atoms with Gasteiger partial charge in [0.25, 0.3) is 0 Å². The van der Waals surface area contributed by atoms with Gasteiger partial charge in [0.05, 0.1) is 6.54 Å². The van der Waals surface area contributed by atoms with Crippen LogP contribution in [-0.4, -0.2) is 42.1 Å². The summed E-state index contributed by atoms with van der Waals surface area (Å²) in [7, 11) is 0. The summed E-state index contributed by atoms with van der Waals surface area (Å²) in [5.74, 6) is 1.09. The van der Waals surface area contributed by atoms with Gasteiger partial charge in [0.15, 0.2) is 0 Å². The van der Waals surface area contributed by atoms with Crippen LogP contribution >= 0.6 is 0 Å². The molecular weight excluding hydrogens is 362 g/mol. The van der Waals surface area contributed by atoms with Crippen molar-refractivity contribution in [3.63, 3.8) is 0 Å². The molecule has 1 amide bonds. The van der Waals surface area contributed by atoms with Gasteiger partial charge in [-0.2, -0.15) is 0 Å². The molecule has 0 saturated carbocycles. The normalized spacial score (nSPS) is 18.8. The molecule has 5 heteroatoms. The highest BCUT2D eigenvalue weighted by atomic mass is 16.5. The van der Waals surface area contributed by atoms with E-state index in [9.17, 15) is 4.79 Å². The third-order valence-electron chi connectivity index (χ3n) is 5.73. The number of ether oxygens (including phenoxy) is 1. The van der Waals surface area contributed by atoms with Crippen molar-refractivity contribution in [1.82, 2.24) is 10.2 Å². The minimum Gasteiger partial charge on any atom is -0.487 e. The Morgan fingerprint density at radius 2 is 1.90 bits per heavy atom. The topological polar surface area (TPSA) is 53.6 Å². The Labute approximate surface area is 173 Å². The fraction of sp³-hybridized carbons (Fsp3) is 0.458. The van der Waals surface area contributed by atoms with Crippen molar-refractivity contribution in [3.05, 3.63) is 59.7 Å².